The van der Waals surface area contributed by atoms with E-state index >= 15 is 0 Å². The predicted molar refractivity (Wildman–Crippen MR) is 72.9 cm³/mol. The molecule has 0 saturated heterocycles. The van der Waals surface area contributed by atoms with Crippen molar-refractivity contribution in [2.75, 3.05) is 12.4 Å². The van der Waals surface area contributed by atoms with Crippen LogP contribution in [0, 0.1) is 11.6 Å². The van der Waals surface area contributed by atoms with Crippen molar-refractivity contribution in [3.63, 3.8) is 0 Å². The Kier molecular flexibility index (Phi) is 6.01. The SMILES string of the molecule is CC(C)N(CCCCl)C(=O)c1cc(F)c(Cl)cc1F. The number of benzene rings is 1. The van der Waals surface area contributed by atoms with E-state index in [0.717, 1.165) is 12.1 Å². The number of carbonyl (C=O) groups excluding carboxylic acids is 1. The number of carbonyl (C=O) groups is 1. The summed E-state index contributed by atoms with van der Waals surface area (Å²) in [4.78, 5) is 13.7. The van der Waals surface area contributed by atoms with Gasteiger partial charge in [0.25, 0.3) is 5.91 Å². The summed E-state index contributed by atoms with van der Waals surface area (Å²) in [6.45, 7) is 4.00. The molecule has 106 valence electrons. The number of nitrogens with zero attached hydrogens (tertiary/aromatic N) is 1. The summed E-state index contributed by atoms with van der Waals surface area (Å²) in [6, 6.07) is 1.51. The molecule has 2 nitrogen and oxygen atoms in total. The lowest BCUT2D eigenvalue weighted by Crippen LogP contribution is -2.38. The highest BCUT2D eigenvalue weighted by Gasteiger charge is 2.22. The highest BCUT2D eigenvalue weighted by atomic mass is 35.5. The average Bonchev–Trinajstić information content (AvgIpc) is 2.33. The molecule has 0 atom stereocenters. The molecule has 0 saturated carbocycles. The molecule has 1 rings (SSSR count). The van der Waals surface area contributed by atoms with Crippen molar-refractivity contribution in [3.05, 3.63) is 34.4 Å². The van der Waals surface area contributed by atoms with Gasteiger partial charge in [-0.25, -0.2) is 8.78 Å². The van der Waals surface area contributed by atoms with E-state index in [1.165, 1.54) is 4.90 Å². The minimum absolute atomic E-state index is 0.131. The molecular weight excluding hydrogens is 295 g/mol. The zero-order valence-electron chi connectivity index (χ0n) is 10.7. The van der Waals surface area contributed by atoms with Crippen LogP contribution in [-0.4, -0.2) is 29.3 Å². The molecular formula is C13H15Cl2F2NO. The van der Waals surface area contributed by atoms with Crippen molar-refractivity contribution in [3.8, 4) is 0 Å². The fourth-order valence-electron chi connectivity index (χ4n) is 1.67. The van der Waals surface area contributed by atoms with Crippen molar-refractivity contribution in [2.24, 2.45) is 0 Å². The first-order chi connectivity index (χ1) is 8.88. The van der Waals surface area contributed by atoms with Gasteiger partial charge < -0.3 is 4.90 Å². The van der Waals surface area contributed by atoms with E-state index in [1.807, 2.05) is 0 Å². The number of amides is 1. The number of rotatable bonds is 5. The minimum atomic E-state index is -0.826. The minimum Gasteiger partial charge on any atom is -0.336 e. The average molecular weight is 310 g/mol. The van der Waals surface area contributed by atoms with Crippen LogP contribution in [0.15, 0.2) is 12.1 Å². The van der Waals surface area contributed by atoms with Gasteiger partial charge in [-0.15, -0.1) is 11.6 Å². The lowest BCUT2D eigenvalue weighted by molar-refractivity contribution is 0.0701. The molecule has 1 amide bonds. The van der Waals surface area contributed by atoms with E-state index in [4.69, 9.17) is 23.2 Å². The third-order valence-electron chi connectivity index (χ3n) is 2.66. The molecule has 0 radical (unpaired) electrons. The van der Waals surface area contributed by atoms with Crippen LogP contribution in [0.1, 0.15) is 30.6 Å². The monoisotopic (exact) mass is 309 g/mol. The molecule has 0 bridgehead atoms. The van der Waals surface area contributed by atoms with E-state index in [1.54, 1.807) is 13.8 Å². The molecule has 1 aromatic rings. The molecule has 0 N–H and O–H groups in total. The van der Waals surface area contributed by atoms with Gasteiger partial charge in [0.2, 0.25) is 0 Å². The number of alkyl halides is 1. The van der Waals surface area contributed by atoms with Crippen LogP contribution in [0.25, 0.3) is 0 Å². The molecule has 0 aliphatic carbocycles. The van der Waals surface area contributed by atoms with Crippen LogP contribution >= 0.6 is 23.2 Å². The van der Waals surface area contributed by atoms with Gasteiger partial charge in [-0.2, -0.15) is 0 Å². The molecule has 1 aromatic carbocycles. The second-order valence-corrected chi connectivity index (χ2v) is 5.17. The van der Waals surface area contributed by atoms with Crippen LogP contribution in [-0.2, 0) is 0 Å². The molecule has 0 fully saturated rings. The van der Waals surface area contributed by atoms with Gasteiger partial charge in [-0.3, -0.25) is 4.79 Å². The van der Waals surface area contributed by atoms with Gasteiger partial charge >= 0.3 is 0 Å². The highest BCUT2D eigenvalue weighted by molar-refractivity contribution is 6.30. The quantitative estimate of drug-likeness (QED) is 0.592. The largest absolute Gasteiger partial charge is 0.336 e. The first kappa shape index (κ1) is 16.2. The smallest absolute Gasteiger partial charge is 0.257 e. The van der Waals surface area contributed by atoms with Gasteiger partial charge in [0.1, 0.15) is 11.6 Å². The summed E-state index contributed by atoms with van der Waals surface area (Å²) in [7, 11) is 0. The zero-order valence-corrected chi connectivity index (χ0v) is 12.2. The normalized spacial score (nSPS) is 10.9. The Morgan fingerprint density at radius 2 is 1.95 bits per heavy atom. The Morgan fingerprint density at radius 1 is 1.32 bits per heavy atom. The summed E-state index contributed by atoms with van der Waals surface area (Å²) in [6.07, 6.45) is 0.586. The van der Waals surface area contributed by atoms with Gasteiger partial charge in [0.05, 0.1) is 10.6 Å². The Morgan fingerprint density at radius 3 is 2.47 bits per heavy atom. The van der Waals surface area contributed by atoms with Crippen molar-refractivity contribution in [1.82, 2.24) is 4.90 Å². The summed E-state index contributed by atoms with van der Waals surface area (Å²) < 4.78 is 27.0. The van der Waals surface area contributed by atoms with Gasteiger partial charge in [-0.1, -0.05) is 11.6 Å². The third kappa shape index (κ3) is 4.05. The van der Waals surface area contributed by atoms with E-state index in [0.29, 0.717) is 18.8 Å². The second kappa shape index (κ2) is 7.06. The van der Waals surface area contributed by atoms with Crippen molar-refractivity contribution in [1.29, 1.82) is 0 Å². The number of hydrogen-bond donors (Lipinski definition) is 0. The third-order valence-corrected chi connectivity index (χ3v) is 3.21. The standard InChI is InChI=1S/C13H15Cl2F2NO/c1-8(2)18(5-3-4-14)13(19)9-6-12(17)10(15)7-11(9)16/h6-8H,3-5H2,1-2H3. The Labute approximate surface area is 121 Å². The van der Waals surface area contributed by atoms with Crippen LogP contribution in [0.4, 0.5) is 8.78 Å². The molecule has 0 heterocycles. The molecule has 19 heavy (non-hydrogen) atoms. The fraction of sp³-hybridized carbons (Fsp3) is 0.462. The maximum atomic E-state index is 13.7. The number of hydrogen-bond acceptors (Lipinski definition) is 1. The lowest BCUT2D eigenvalue weighted by Gasteiger charge is -2.26. The topological polar surface area (TPSA) is 20.3 Å². The maximum absolute atomic E-state index is 13.7. The molecule has 0 aliphatic rings. The molecule has 6 heteroatoms. The number of halogens is 4. The molecule has 0 aliphatic heterocycles. The summed E-state index contributed by atoms with van der Waals surface area (Å²) >= 11 is 11.0. The molecule has 0 unspecified atom stereocenters. The fourth-order valence-corrected chi connectivity index (χ4v) is 1.94. The maximum Gasteiger partial charge on any atom is 0.257 e. The van der Waals surface area contributed by atoms with E-state index in [2.05, 4.69) is 0 Å². The summed E-state index contributed by atoms with van der Waals surface area (Å²) in [5.74, 6) is -1.80. The lowest BCUT2D eigenvalue weighted by atomic mass is 10.1. The summed E-state index contributed by atoms with van der Waals surface area (Å²) in [5.41, 5.74) is -0.315. The van der Waals surface area contributed by atoms with Crippen molar-refractivity contribution < 1.29 is 13.6 Å². The van der Waals surface area contributed by atoms with E-state index in [9.17, 15) is 13.6 Å². The van der Waals surface area contributed by atoms with Crippen LogP contribution < -0.4 is 0 Å². The second-order valence-electron chi connectivity index (χ2n) is 4.38. The van der Waals surface area contributed by atoms with Gasteiger partial charge in [-0.05, 0) is 32.4 Å². The van der Waals surface area contributed by atoms with Crippen LogP contribution in [0.5, 0.6) is 0 Å². The first-order valence-corrected chi connectivity index (χ1v) is 6.81. The van der Waals surface area contributed by atoms with E-state index < -0.39 is 17.5 Å². The van der Waals surface area contributed by atoms with Crippen LogP contribution in [0.3, 0.4) is 0 Å². The Balaban J connectivity index is 3.06. The van der Waals surface area contributed by atoms with Crippen molar-refractivity contribution in [2.45, 2.75) is 26.3 Å². The Hall–Kier alpha value is -0.870. The molecule has 0 aromatic heterocycles. The zero-order chi connectivity index (χ0) is 14.6. The highest BCUT2D eigenvalue weighted by Crippen LogP contribution is 2.21. The summed E-state index contributed by atoms with van der Waals surface area (Å²) in [5, 5.41) is -0.342. The van der Waals surface area contributed by atoms with E-state index in [-0.39, 0.29) is 16.6 Å². The molecule has 0 spiro atoms. The predicted octanol–water partition coefficient (Wildman–Crippen LogP) is 4.10. The van der Waals surface area contributed by atoms with Crippen molar-refractivity contribution >= 4 is 29.1 Å². The first-order valence-electron chi connectivity index (χ1n) is 5.90. The van der Waals surface area contributed by atoms with Crippen LogP contribution in [0.2, 0.25) is 5.02 Å². The Bertz CT molecular complexity index is 466. The van der Waals surface area contributed by atoms with Gasteiger partial charge in [0.15, 0.2) is 0 Å². The van der Waals surface area contributed by atoms with Gasteiger partial charge in [0, 0.05) is 18.5 Å².